The average molecular weight is 299 g/mol. The quantitative estimate of drug-likeness (QED) is 0.659. The van der Waals surface area contributed by atoms with E-state index >= 15 is 0 Å². The lowest BCUT2D eigenvalue weighted by atomic mass is 10.2. The molecule has 1 aromatic carbocycles. The van der Waals surface area contributed by atoms with Gasteiger partial charge < -0.3 is 0 Å². The molecule has 0 unspecified atom stereocenters. The van der Waals surface area contributed by atoms with Crippen LogP contribution in [0.5, 0.6) is 0 Å². The highest BCUT2D eigenvalue weighted by Crippen LogP contribution is 2.21. The van der Waals surface area contributed by atoms with Gasteiger partial charge in [-0.2, -0.15) is 0 Å². The molecule has 2 aromatic rings. The van der Waals surface area contributed by atoms with Gasteiger partial charge in [0.05, 0.1) is 17.0 Å². The van der Waals surface area contributed by atoms with E-state index in [1.165, 1.54) is 0 Å². The second-order valence-corrected chi connectivity index (χ2v) is 6.42. The molecule has 0 saturated heterocycles. The number of anilines is 1. The van der Waals surface area contributed by atoms with Crippen LogP contribution in [0.2, 0.25) is 0 Å². The normalized spacial score (nSPS) is 11.6. The molecule has 0 aliphatic heterocycles. The number of unbranched alkanes of at least 4 members (excludes halogenated alkanes) is 1. The fourth-order valence-electron chi connectivity index (χ4n) is 1.79. The Morgan fingerprint density at radius 2 is 1.95 bits per heavy atom. The van der Waals surface area contributed by atoms with Crippen molar-refractivity contribution in [3.05, 3.63) is 36.5 Å². The Balaban J connectivity index is 2.21. The minimum atomic E-state index is -3.35. The number of halogens is 1. The molecule has 1 aromatic heterocycles. The zero-order valence-electron chi connectivity index (χ0n) is 10.3. The summed E-state index contributed by atoms with van der Waals surface area (Å²) in [4.78, 5) is 4.21. The van der Waals surface area contributed by atoms with Crippen LogP contribution in [0.15, 0.2) is 36.5 Å². The van der Waals surface area contributed by atoms with E-state index in [4.69, 9.17) is 11.6 Å². The van der Waals surface area contributed by atoms with Crippen LogP contribution in [0.25, 0.3) is 10.9 Å². The summed E-state index contributed by atoms with van der Waals surface area (Å²) in [6.07, 6.45) is 2.89. The van der Waals surface area contributed by atoms with Crippen LogP contribution in [0, 0.1) is 0 Å². The van der Waals surface area contributed by atoms with Gasteiger partial charge in [-0.15, -0.1) is 11.6 Å². The second-order valence-electron chi connectivity index (χ2n) is 4.20. The summed E-state index contributed by atoms with van der Waals surface area (Å²) < 4.78 is 26.5. The van der Waals surface area contributed by atoms with Crippen LogP contribution in [0.3, 0.4) is 0 Å². The Hall–Kier alpha value is -1.33. The van der Waals surface area contributed by atoms with Gasteiger partial charge in [0.2, 0.25) is 10.0 Å². The molecule has 0 radical (unpaired) electrons. The summed E-state index contributed by atoms with van der Waals surface area (Å²) in [6.45, 7) is 0. The third-order valence-electron chi connectivity index (χ3n) is 2.69. The number of benzene rings is 1. The second kappa shape index (κ2) is 6.21. The van der Waals surface area contributed by atoms with Crippen molar-refractivity contribution in [3.8, 4) is 0 Å². The highest BCUT2D eigenvalue weighted by molar-refractivity contribution is 7.92. The molecular formula is C13H15ClN2O2S. The molecule has 0 amide bonds. The first-order valence-corrected chi connectivity index (χ1v) is 8.21. The molecule has 0 spiro atoms. The fourth-order valence-corrected chi connectivity index (χ4v) is 3.17. The van der Waals surface area contributed by atoms with Gasteiger partial charge in [-0.25, -0.2) is 8.42 Å². The van der Waals surface area contributed by atoms with Crippen LogP contribution in [0.4, 0.5) is 5.69 Å². The summed E-state index contributed by atoms with van der Waals surface area (Å²) in [6, 6.07) is 9.14. The monoisotopic (exact) mass is 298 g/mol. The number of hydrogen-bond donors (Lipinski definition) is 1. The smallest absolute Gasteiger partial charge is 0.232 e. The molecule has 1 N–H and O–H groups in total. The van der Waals surface area contributed by atoms with Gasteiger partial charge in [0.15, 0.2) is 0 Å². The summed E-state index contributed by atoms with van der Waals surface area (Å²) in [5, 5.41) is 0.906. The molecule has 6 heteroatoms. The lowest BCUT2D eigenvalue weighted by molar-refractivity contribution is 0.598. The minimum Gasteiger partial charge on any atom is -0.281 e. The Labute approximate surface area is 117 Å². The standard InChI is InChI=1S/C13H15ClN2O2S/c14-8-1-2-10-19(17,18)16-12-7-3-5-11-6-4-9-15-13(11)12/h3-7,9,16H,1-2,8,10H2. The van der Waals surface area contributed by atoms with Crippen molar-refractivity contribution in [2.24, 2.45) is 0 Å². The first kappa shape index (κ1) is 14.1. The molecular weight excluding hydrogens is 284 g/mol. The molecule has 19 heavy (non-hydrogen) atoms. The first-order valence-electron chi connectivity index (χ1n) is 6.02. The van der Waals surface area contributed by atoms with Gasteiger partial charge in [-0.3, -0.25) is 9.71 Å². The van der Waals surface area contributed by atoms with Gasteiger partial charge in [-0.05, 0) is 25.0 Å². The Kier molecular flexibility index (Phi) is 4.61. The molecule has 4 nitrogen and oxygen atoms in total. The van der Waals surface area contributed by atoms with Crippen LogP contribution >= 0.6 is 11.6 Å². The SMILES string of the molecule is O=S(=O)(CCCCCl)Nc1cccc2cccnc12. The highest BCUT2D eigenvalue weighted by atomic mass is 35.5. The molecule has 0 aliphatic carbocycles. The summed E-state index contributed by atoms with van der Waals surface area (Å²) >= 11 is 5.54. The molecule has 0 saturated carbocycles. The first-order chi connectivity index (χ1) is 9.12. The molecule has 102 valence electrons. The van der Waals surface area contributed by atoms with Gasteiger partial charge in [-0.1, -0.05) is 18.2 Å². The third-order valence-corrected chi connectivity index (χ3v) is 4.32. The zero-order valence-corrected chi connectivity index (χ0v) is 11.9. The van der Waals surface area contributed by atoms with E-state index in [0.717, 1.165) is 5.39 Å². The molecule has 0 fully saturated rings. The number of fused-ring (bicyclic) bond motifs is 1. The Morgan fingerprint density at radius 3 is 2.74 bits per heavy atom. The molecule has 2 rings (SSSR count). The highest BCUT2D eigenvalue weighted by Gasteiger charge is 2.12. The van der Waals surface area contributed by atoms with Crippen molar-refractivity contribution >= 4 is 38.2 Å². The predicted octanol–water partition coefficient (Wildman–Crippen LogP) is 3.00. The van der Waals surface area contributed by atoms with Crippen molar-refractivity contribution in [1.82, 2.24) is 4.98 Å². The number of hydrogen-bond acceptors (Lipinski definition) is 3. The van der Waals surface area contributed by atoms with Gasteiger partial charge in [0.25, 0.3) is 0 Å². The molecule has 1 heterocycles. The largest absolute Gasteiger partial charge is 0.281 e. The lowest BCUT2D eigenvalue weighted by Gasteiger charge is -2.09. The Morgan fingerprint density at radius 1 is 1.16 bits per heavy atom. The van der Waals surface area contributed by atoms with E-state index in [1.807, 2.05) is 18.2 Å². The van der Waals surface area contributed by atoms with Crippen LogP contribution in [-0.2, 0) is 10.0 Å². The lowest BCUT2D eigenvalue weighted by Crippen LogP contribution is -2.17. The van der Waals surface area contributed by atoms with Crippen molar-refractivity contribution in [1.29, 1.82) is 0 Å². The Bertz CT molecular complexity index is 653. The number of nitrogens with zero attached hydrogens (tertiary/aromatic N) is 1. The number of aromatic nitrogens is 1. The van der Waals surface area contributed by atoms with Crippen LogP contribution in [-0.4, -0.2) is 25.0 Å². The predicted molar refractivity (Wildman–Crippen MR) is 79.1 cm³/mol. The van der Waals surface area contributed by atoms with Crippen molar-refractivity contribution < 1.29 is 8.42 Å². The maximum Gasteiger partial charge on any atom is 0.232 e. The van der Waals surface area contributed by atoms with E-state index in [2.05, 4.69) is 9.71 Å². The topological polar surface area (TPSA) is 59.1 Å². The van der Waals surface area contributed by atoms with Gasteiger partial charge in [0, 0.05) is 17.5 Å². The average Bonchev–Trinajstić information content (AvgIpc) is 2.39. The van der Waals surface area contributed by atoms with Gasteiger partial charge >= 0.3 is 0 Å². The number of pyridine rings is 1. The fraction of sp³-hybridized carbons (Fsp3) is 0.308. The van der Waals surface area contributed by atoms with Crippen molar-refractivity contribution in [3.63, 3.8) is 0 Å². The number of sulfonamides is 1. The van der Waals surface area contributed by atoms with E-state index in [1.54, 1.807) is 18.3 Å². The maximum atomic E-state index is 11.9. The zero-order chi connectivity index (χ0) is 13.7. The number of alkyl halides is 1. The van der Waals surface area contributed by atoms with Gasteiger partial charge in [0.1, 0.15) is 0 Å². The summed E-state index contributed by atoms with van der Waals surface area (Å²) in [5.74, 6) is 0.550. The third kappa shape index (κ3) is 3.81. The van der Waals surface area contributed by atoms with Crippen molar-refractivity contribution in [2.75, 3.05) is 16.4 Å². The summed E-state index contributed by atoms with van der Waals surface area (Å²) in [7, 11) is -3.35. The van der Waals surface area contributed by atoms with E-state index < -0.39 is 10.0 Å². The van der Waals surface area contributed by atoms with Crippen LogP contribution < -0.4 is 4.72 Å². The number of rotatable bonds is 6. The minimum absolute atomic E-state index is 0.0724. The maximum absolute atomic E-state index is 11.9. The van der Waals surface area contributed by atoms with E-state index in [-0.39, 0.29) is 5.75 Å². The van der Waals surface area contributed by atoms with Crippen molar-refractivity contribution in [2.45, 2.75) is 12.8 Å². The van der Waals surface area contributed by atoms with E-state index in [0.29, 0.717) is 29.9 Å². The molecule has 0 atom stereocenters. The molecule has 0 aliphatic rings. The number of nitrogens with one attached hydrogen (secondary N) is 1. The summed E-state index contributed by atoms with van der Waals surface area (Å²) in [5.41, 5.74) is 1.18. The van der Waals surface area contributed by atoms with Crippen LogP contribution in [0.1, 0.15) is 12.8 Å². The number of para-hydroxylation sites is 1. The molecule has 0 bridgehead atoms. The van der Waals surface area contributed by atoms with E-state index in [9.17, 15) is 8.42 Å².